The zero-order chi connectivity index (χ0) is 24.0. The summed E-state index contributed by atoms with van der Waals surface area (Å²) < 4.78 is 20.7. The first-order valence-electron chi connectivity index (χ1n) is 10.1. The molecule has 2 aromatic rings. The summed E-state index contributed by atoms with van der Waals surface area (Å²) in [5.41, 5.74) is 7.86. The quantitative estimate of drug-likeness (QED) is 0.252. The number of hydrogen-bond donors (Lipinski definition) is 2. The third kappa shape index (κ3) is 6.00. The SMILES string of the molecule is COC(=O)Cc1ccc(CC(=O)OC)c(OCC2CN(c3ccc(C(=N)N)cc3)C(=O)O2)c1. The van der Waals surface area contributed by atoms with E-state index in [2.05, 4.69) is 0 Å². The monoisotopic (exact) mass is 455 g/mol. The molecule has 1 saturated heterocycles. The van der Waals surface area contributed by atoms with E-state index in [0.29, 0.717) is 28.1 Å². The lowest BCUT2D eigenvalue weighted by molar-refractivity contribution is -0.140. The van der Waals surface area contributed by atoms with Crippen molar-refractivity contribution in [3.05, 3.63) is 59.2 Å². The van der Waals surface area contributed by atoms with Gasteiger partial charge in [0.1, 0.15) is 18.2 Å². The number of ether oxygens (including phenoxy) is 4. The number of nitrogen functional groups attached to an aromatic ring is 1. The van der Waals surface area contributed by atoms with Crippen molar-refractivity contribution in [2.45, 2.75) is 18.9 Å². The number of nitrogens with zero attached hydrogens (tertiary/aromatic N) is 1. The van der Waals surface area contributed by atoms with Crippen LogP contribution in [-0.2, 0) is 36.6 Å². The molecule has 3 N–H and O–H groups in total. The number of cyclic esters (lactones) is 1. The Morgan fingerprint density at radius 3 is 2.39 bits per heavy atom. The van der Waals surface area contributed by atoms with Gasteiger partial charge in [-0.15, -0.1) is 0 Å². The summed E-state index contributed by atoms with van der Waals surface area (Å²) in [6.07, 6.45) is -1.04. The molecule has 10 heteroatoms. The van der Waals surface area contributed by atoms with Gasteiger partial charge in [-0.3, -0.25) is 19.9 Å². The van der Waals surface area contributed by atoms with Crippen molar-refractivity contribution in [3.8, 4) is 5.75 Å². The Kier molecular flexibility index (Phi) is 7.50. The van der Waals surface area contributed by atoms with Gasteiger partial charge in [0.2, 0.25) is 0 Å². The van der Waals surface area contributed by atoms with E-state index in [1.807, 2.05) is 0 Å². The third-order valence-electron chi connectivity index (χ3n) is 5.06. The highest BCUT2D eigenvalue weighted by atomic mass is 16.6. The van der Waals surface area contributed by atoms with Crippen molar-refractivity contribution >= 4 is 29.6 Å². The summed E-state index contributed by atoms with van der Waals surface area (Å²) in [5, 5.41) is 7.46. The fourth-order valence-electron chi connectivity index (χ4n) is 3.28. The molecular formula is C23H25N3O7. The second-order valence-electron chi connectivity index (χ2n) is 7.34. The Bertz CT molecular complexity index is 1050. The van der Waals surface area contributed by atoms with Crippen molar-refractivity contribution in [2.24, 2.45) is 5.73 Å². The van der Waals surface area contributed by atoms with Crippen LogP contribution in [0.2, 0.25) is 0 Å². The first-order valence-corrected chi connectivity index (χ1v) is 10.1. The lowest BCUT2D eigenvalue weighted by Gasteiger charge is -2.16. The second-order valence-corrected chi connectivity index (χ2v) is 7.34. The molecule has 33 heavy (non-hydrogen) atoms. The van der Waals surface area contributed by atoms with E-state index >= 15 is 0 Å². The second kappa shape index (κ2) is 10.5. The maximum atomic E-state index is 12.3. The van der Waals surface area contributed by atoms with Gasteiger partial charge >= 0.3 is 18.0 Å². The molecule has 2 aromatic carbocycles. The molecule has 1 heterocycles. The summed E-state index contributed by atoms with van der Waals surface area (Å²) in [7, 11) is 2.60. The molecule has 1 atom stereocenters. The van der Waals surface area contributed by atoms with E-state index < -0.39 is 24.1 Å². The van der Waals surface area contributed by atoms with Crippen LogP contribution in [0.3, 0.4) is 0 Å². The maximum absolute atomic E-state index is 12.3. The highest BCUT2D eigenvalue weighted by molar-refractivity contribution is 5.96. The van der Waals surface area contributed by atoms with Gasteiger partial charge in [0.05, 0.1) is 33.6 Å². The number of nitrogens with two attached hydrogens (primary N) is 1. The normalized spacial score (nSPS) is 15.0. The van der Waals surface area contributed by atoms with Gasteiger partial charge < -0.3 is 24.7 Å². The van der Waals surface area contributed by atoms with Gasteiger partial charge in [-0.05, 0) is 35.9 Å². The predicted molar refractivity (Wildman–Crippen MR) is 118 cm³/mol. The highest BCUT2D eigenvalue weighted by Crippen LogP contribution is 2.25. The van der Waals surface area contributed by atoms with Crippen molar-refractivity contribution in [2.75, 3.05) is 32.3 Å². The molecule has 0 spiro atoms. The van der Waals surface area contributed by atoms with Crippen LogP contribution < -0.4 is 15.4 Å². The van der Waals surface area contributed by atoms with E-state index in [1.54, 1.807) is 42.5 Å². The zero-order valence-corrected chi connectivity index (χ0v) is 18.3. The highest BCUT2D eigenvalue weighted by Gasteiger charge is 2.33. The Labute approximate surface area is 190 Å². The number of amides is 1. The number of hydrogen-bond acceptors (Lipinski definition) is 8. The number of anilines is 1. The topological polar surface area (TPSA) is 141 Å². The van der Waals surface area contributed by atoms with Gasteiger partial charge in [0.15, 0.2) is 6.10 Å². The Morgan fingerprint density at radius 1 is 1.09 bits per heavy atom. The summed E-state index contributed by atoms with van der Waals surface area (Å²) >= 11 is 0. The molecule has 1 amide bonds. The molecule has 3 rings (SSSR count). The van der Waals surface area contributed by atoms with Gasteiger partial charge in [-0.1, -0.05) is 12.1 Å². The van der Waals surface area contributed by atoms with E-state index in [9.17, 15) is 14.4 Å². The molecule has 0 bridgehead atoms. The number of carbonyl (C=O) groups is 3. The molecule has 1 fully saturated rings. The van der Waals surface area contributed by atoms with Crippen LogP contribution in [0.25, 0.3) is 0 Å². The number of nitrogens with one attached hydrogen (secondary N) is 1. The van der Waals surface area contributed by atoms with Crippen LogP contribution >= 0.6 is 0 Å². The standard InChI is InChI=1S/C23H25N3O7/c1-30-20(27)10-14-3-4-16(11-21(28)31-2)19(9-14)32-13-18-12-26(23(29)33-18)17-7-5-15(6-8-17)22(24)25/h3-9,18H,10-13H2,1-2H3,(H3,24,25). The largest absolute Gasteiger partial charge is 0.489 e. The van der Waals surface area contributed by atoms with Crippen molar-refractivity contribution in [1.29, 1.82) is 5.41 Å². The zero-order valence-electron chi connectivity index (χ0n) is 18.3. The summed E-state index contributed by atoms with van der Waals surface area (Å²) in [6.45, 7) is 0.302. The molecule has 1 aliphatic rings. The van der Waals surface area contributed by atoms with Crippen LogP contribution in [0.1, 0.15) is 16.7 Å². The first kappa shape index (κ1) is 23.6. The Balaban J connectivity index is 1.70. The number of rotatable bonds is 9. The molecule has 1 unspecified atom stereocenters. The van der Waals surface area contributed by atoms with Gasteiger partial charge in [0, 0.05) is 16.8 Å². The average molecular weight is 455 g/mol. The predicted octanol–water partition coefficient (Wildman–Crippen LogP) is 1.81. The van der Waals surface area contributed by atoms with Crippen molar-refractivity contribution < 1.29 is 33.3 Å². The minimum atomic E-state index is -0.555. The number of methoxy groups -OCH3 is 2. The van der Waals surface area contributed by atoms with Gasteiger partial charge in [-0.25, -0.2) is 4.79 Å². The number of esters is 2. The van der Waals surface area contributed by atoms with E-state index in [-0.39, 0.29) is 31.8 Å². The van der Waals surface area contributed by atoms with Gasteiger partial charge in [0.25, 0.3) is 0 Å². The van der Waals surface area contributed by atoms with Crippen LogP contribution in [-0.4, -0.2) is 57.3 Å². The van der Waals surface area contributed by atoms with Crippen LogP contribution in [0, 0.1) is 5.41 Å². The Hall–Kier alpha value is -4.08. The summed E-state index contributed by atoms with van der Waals surface area (Å²) in [6, 6.07) is 11.7. The molecule has 0 aliphatic carbocycles. The molecular weight excluding hydrogens is 430 g/mol. The smallest absolute Gasteiger partial charge is 0.414 e. The molecule has 10 nitrogen and oxygen atoms in total. The number of benzene rings is 2. The number of carbonyl (C=O) groups excluding carboxylic acids is 3. The van der Waals surface area contributed by atoms with E-state index in [1.165, 1.54) is 19.1 Å². The minimum absolute atomic E-state index is 0.0105. The number of amidine groups is 1. The summed E-state index contributed by atoms with van der Waals surface area (Å²) in [5.74, 6) is -0.512. The minimum Gasteiger partial charge on any atom is -0.489 e. The fraction of sp³-hybridized carbons (Fsp3) is 0.304. The van der Waals surface area contributed by atoms with Crippen molar-refractivity contribution in [1.82, 2.24) is 0 Å². The van der Waals surface area contributed by atoms with E-state index in [0.717, 1.165) is 0 Å². The van der Waals surface area contributed by atoms with Crippen LogP contribution in [0.4, 0.5) is 10.5 Å². The maximum Gasteiger partial charge on any atom is 0.414 e. The van der Waals surface area contributed by atoms with Crippen LogP contribution in [0.5, 0.6) is 5.75 Å². The van der Waals surface area contributed by atoms with Gasteiger partial charge in [-0.2, -0.15) is 0 Å². The molecule has 174 valence electrons. The molecule has 1 aliphatic heterocycles. The first-order chi connectivity index (χ1) is 15.8. The van der Waals surface area contributed by atoms with Crippen molar-refractivity contribution in [3.63, 3.8) is 0 Å². The van der Waals surface area contributed by atoms with Crippen LogP contribution in [0.15, 0.2) is 42.5 Å². The molecule has 0 aromatic heterocycles. The molecule has 0 saturated carbocycles. The Morgan fingerprint density at radius 2 is 1.76 bits per heavy atom. The lowest BCUT2D eigenvalue weighted by atomic mass is 10.1. The lowest BCUT2D eigenvalue weighted by Crippen LogP contribution is -2.26. The average Bonchev–Trinajstić information content (AvgIpc) is 3.19. The third-order valence-corrected chi connectivity index (χ3v) is 5.06. The molecule has 0 radical (unpaired) electrons. The summed E-state index contributed by atoms with van der Waals surface area (Å²) in [4.78, 5) is 37.2. The fourth-order valence-corrected chi connectivity index (χ4v) is 3.28. The van der Waals surface area contributed by atoms with E-state index in [4.69, 9.17) is 30.1 Å².